The highest BCUT2D eigenvalue weighted by atomic mass is 16.5. The molecule has 0 atom stereocenters. The lowest BCUT2D eigenvalue weighted by Crippen LogP contribution is -2.41. The SMILES string of the molecule is Cc1cc(OC2CCN(C(=O)c3cc4ccccc4o3)CC2)nc(C)n1. The molecular weight excluding hydrogens is 330 g/mol. The van der Waals surface area contributed by atoms with Crippen LogP contribution in [0.15, 0.2) is 40.8 Å². The lowest BCUT2D eigenvalue weighted by atomic mass is 10.1. The van der Waals surface area contributed by atoms with Crippen LogP contribution in [0.2, 0.25) is 0 Å². The maximum atomic E-state index is 12.7. The van der Waals surface area contributed by atoms with Gasteiger partial charge in [-0.2, -0.15) is 4.98 Å². The Labute approximate surface area is 151 Å². The second kappa shape index (κ2) is 6.78. The van der Waals surface area contributed by atoms with Crippen LogP contribution in [0.25, 0.3) is 11.0 Å². The second-order valence-corrected chi connectivity index (χ2v) is 6.65. The quantitative estimate of drug-likeness (QED) is 0.722. The summed E-state index contributed by atoms with van der Waals surface area (Å²) in [5.74, 6) is 1.65. The summed E-state index contributed by atoms with van der Waals surface area (Å²) in [6.07, 6.45) is 1.60. The molecule has 0 spiro atoms. The van der Waals surface area contributed by atoms with E-state index in [1.165, 1.54) is 0 Å². The summed E-state index contributed by atoms with van der Waals surface area (Å²) in [5.41, 5.74) is 1.63. The van der Waals surface area contributed by atoms with Crippen LogP contribution in [0.1, 0.15) is 34.9 Å². The van der Waals surface area contributed by atoms with E-state index in [-0.39, 0.29) is 12.0 Å². The molecule has 0 aliphatic carbocycles. The number of nitrogens with zero attached hydrogens (tertiary/aromatic N) is 3. The van der Waals surface area contributed by atoms with Gasteiger partial charge in [-0.3, -0.25) is 4.79 Å². The number of aromatic nitrogens is 2. The number of likely N-dealkylation sites (tertiary alicyclic amines) is 1. The number of hydrogen-bond donors (Lipinski definition) is 0. The molecule has 1 saturated heterocycles. The Balaban J connectivity index is 1.39. The molecule has 26 heavy (non-hydrogen) atoms. The van der Waals surface area contributed by atoms with Gasteiger partial charge in [-0.1, -0.05) is 18.2 Å². The number of piperidine rings is 1. The summed E-state index contributed by atoms with van der Waals surface area (Å²) in [6.45, 7) is 5.07. The summed E-state index contributed by atoms with van der Waals surface area (Å²) in [7, 11) is 0. The zero-order valence-corrected chi connectivity index (χ0v) is 14.9. The van der Waals surface area contributed by atoms with Gasteiger partial charge >= 0.3 is 0 Å². The monoisotopic (exact) mass is 351 g/mol. The predicted molar refractivity (Wildman–Crippen MR) is 97.3 cm³/mol. The fraction of sp³-hybridized carbons (Fsp3) is 0.350. The van der Waals surface area contributed by atoms with E-state index in [1.54, 1.807) is 0 Å². The molecule has 0 unspecified atom stereocenters. The fourth-order valence-corrected chi connectivity index (χ4v) is 3.33. The van der Waals surface area contributed by atoms with Crippen molar-refractivity contribution in [2.75, 3.05) is 13.1 Å². The van der Waals surface area contributed by atoms with Gasteiger partial charge in [-0.25, -0.2) is 4.98 Å². The fourth-order valence-electron chi connectivity index (χ4n) is 3.33. The number of furan rings is 1. The van der Waals surface area contributed by atoms with E-state index >= 15 is 0 Å². The summed E-state index contributed by atoms with van der Waals surface area (Å²) in [4.78, 5) is 23.1. The van der Waals surface area contributed by atoms with Crippen LogP contribution in [-0.2, 0) is 0 Å². The van der Waals surface area contributed by atoms with E-state index in [9.17, 15) is 4.79 Å². The van der Waals surface area contributed by atoms with Gasteiger partial charge in [0.1, 0.15) is 17.5 Å². The van der Waals surface area contributed by atoms with Crippen molar-refractivity contribution in [1.82, 2.24) is 14.9 Å². The van der Waals surface area contributed by atoms with E-state index in [2.05, 4.69) is 9.97 Å². The molecule has 2 aromatic heterocycles. The number of fused-ring (bicyclic) bond motifs is 1. The van der Waals surface area contributed by atoms with Crippen LogP contribution in [0.3, 0.4) is 0 Å². The van der Waals surface area contributed by atoms with E-state index in [0.717, 1.165) is 29.5 Å². The van der Waals surface area contributed by atoms with Gasteiger partial charge in [0.15, 0.2) is 5.76 Å². The molecule has 3 heterocycles. The number of aryl methyl sites for hydroxylation is 2. The minimum absolute atomic E-state index is 0.0587. The molecule has 3 aromatic rings. The normalized spacial score (nSPS) is 15.4. The molecule has 6 heteroatoms. The van der Waals surface area contributed by atoms with Gasteiger partial charge in [0.05, 0.1) is 0 Å². The molecule has 0 bridgehead atoms. The topological polar surface area (TPSA) is 68.5 Å². The number of hydrogen-bond acceptors (Lipinski definition) is 5. The van der Waals surface area contributed by atoms with Gasteiger partial charge in [0.25, 0.3) is 5.91 Å². The molecule has 134 valence electrons. The van der Waals surface area contributed by atoms with Gasteiger partial charge < -0.3 is 14.1 Å². The highest BCUT2D eigenvalue weighted by Crippen LogP contribution is 2.23. The number of carbonyl (C=O) groups is 1. The number of para-hydroxylation sites is 1. The zero-order chi connectivity index (χ0) is 18.1. The third-order valence-electron chi connectivity index (χ3n) is 4.60. The molecular formula is C20H21N3O3. The summed E-state index contributed by atoms with van der Waals surface area (Å²) in [5, 5.41) is 0.948. The first kappa shape index (κ1) is 16.6. The molecule has 6 nitrogen and oxygen atoms in total. The number of amides is 1. The van der Waals surface area contributed by atoms with E-state index in [1.807, 2.05) is 55.1 Å². The van der Waals surface area contributed by atoms with Crippen LogP contribution in [0.4, 0.5) is 0 Å². The van der Waals surface area contributed by atoms with Crippen LogP contribution in [0, 0.1) is 13.8 Å². The zero-order valence-electron chi connectivity index (χ0n) is 14.9. The minimum Gasteiger partial charge on any atom is -0.474 e. The van der Waals surface area contributed by atoms with Gasteiger partial charge in [-0.15, -0.1) is 0 Å². The Morgan fingerprint density at radius 3 is 2.65 bits per heavy atom. The van der Waals surface area contributed by atoms with Crippen molar-refractivity contribution in [2.24, 2.45) is 0 Å². The Kier molecular flexibility index (Phi) is 4.32. The summed E-state index contributed by atoms with van der Waals surface area (Å²) >= 11 is 0. The van der Waals surface area contributed by atoms with Crippen LogP contribution in [0.5, 0.6) is 5.88 Å². The molecule has 1 aromatic carbocycles. The van der Waals surface area contributed by atoms with Gasteiger partial charge in [0.2, 0.25) is 5.88 Å². The van der Waals surface area contributed by atoms with E-state index in [0.29, 0.717) is 30.6 Å². The lowest BCUT2D eigenvalue weighted by molar-refractivity contribution is 0.0561. The van der Waals surface area contributed by atoms with Crippen molar-refractivity contribution in [1.29, 1.82) is 0 Å². The van der Waals surface area contributed by atoms with Crippen molar-refractivity contribution in [3.8, 4) is 5.88 Å². The summed E-state index contributed by atoms with van der Waals surface area (Å²) in [6, 6.07) is 11.3. The van der Waals surface area contributed by atoms with Crippen LogP contribution >= 0.6 is 0 Å². The predicted octanol–water partition coefficient (Wildman–Crippen LogP) is 3.52. The first-order chi connectivity index (χ1) is 12.6. The Morgan fingerprint density at radius 1 is 1.15 bits per heavy atom. The average molecular weight is 351 g/mol. The molecule has 1 aliphatic rings. The second-order valence-electron chi connectivity index (χ2n) is 6.65. The Hall–Kier alpha value is -2.89. The van der Waals surface area contributed by atoms with Crippen molar-refractivity contribution < 1.29 is 13.9 Å². The van der Waals surface area contributed by atoms with Crippen molar-refractivity contribution in [2.45, 2.75) is 32.8 Å². The van der Waals surface area contributed by atoms with E-state index in [4.69, 9.17) is 9.15 Å². The molecule has 0 N–H and O–H groups in total. The number of ether oxygens (including phenoxy) is 1. The molecule has 4 rings (SSSR count). The Morgan fingerprint density at radius 2 is 1.92 bits per heavy atom. The maximum Gasteiger partial charge on any atom is 0.289 e. The standard InChI is InChI=1S/C20H21N3O3/c1-13-11-19(22-14(2)21-13)25-16-7-9-23(10-8-16)20(24)18-12-15-5-3-4-6-17(15)26-18/h3-6,11-12,16H,7-10H2,1-2H3. The molecule has 1 aliphatic heterocycles. The Bertz CT molecular complexity index is 889. The van der Waals surface area contributed by atoms with E-state index < -0.39 is 0 Å². The van der Waals surface area contributed by atoms with Crippen LogP contribution in [-0.4, -0.2) is 40.0 Å². The molecule has 0 saturated carbocycles. The molecule has 1 fully saturated rings. The summed E-state index contributed by atoms with van der Waals surface area (Å²) < 4.78 is 11.7. The number of benzene rings is 1. The third-order valence-corrected chi connectivity index (χ3v) is 4.60. The van der Waals surface area contributed by atoms with Crippen molar-refractivity contribution in [3.63, 3.8) is 0 Å². The first-order valence-corrected chi connectivity index (χ1v) is 8.85. The third kappa shape index (κ3) is 3.40. The molecule has 1 amide bonds. The minimum atomic E-state index is -0.0617. The lowest BCUT2D eigenvalue weighted by Gasteiger charge is -2.31. The number of carbonyl (C=O) groups excluding carboxylic acids is 1. The van der Waals surface area contributed by atoms with Gasteiger partial charge in [-0.05, 0) is 26.0 Å². The van der Waals surface area contributed by atoms with Crippen molar-refractivity contribution in [3.05, 3.63) is 53.7 Å². The average Bonchev–Trinajstić information content (AvgIpc) is 3.05. The highest BCUT2D eigenvalue weighted by molar-refractivity contribution is 5.96. The first-order valence-electron chi connectivity index (χ1n) is 8.85. The maximum absolute atomic E-state index is 12.7. The van der Waals surface area contributed by atoms with Crippen molar-refractivity contribution >= 4 is 16.9 Å². The highest BCUT2D eigenvalue weighted by Gasteiger charge is 2.27. The van der Waals surface area contributed by atoms with Gasteiger partial charge in [0, 0.05) is 43.1 Å². The van der Waals surface area contributed by atoms with Crippen LogP contribution < -0.4 is 4.74 Å². The molecule has 0 radical (unpaired) electrons. The smallest absolute Gasteiger partial charge is 0.289 e. The number of rotatable bonds is 3. The largest absolute Gasteiger partial charge is 0.474 e.